The van der Waals surface area contributed by atoms with Gasteiger partial charge < -0.3 is 4.98 Å². The molecule has 1 aliphatic rings. The van der Waals surface area contributed by atoms with Crippen LogP contribution in [-0.2, 0) is 15.9 Å². The van der Waals surface area contributed by atoms with Crippen molar-refractivity contribution in [2.24, 2.45) is 0 Å². The van der Waals surface area contributed by atoms with E-state index in [9.17, 15) is 8.42 Å². The fraction of sp³-hybridized carbons (Fsp3) is 0.692. The normalized spacial score (nSPS) is 19.4. The van der Waals surface area contributed by atoms with E-state index >= 15 is 0 Å². The number of rotatable bonds is 3. The van der Waals surface area contributed by atoms with Crippen LogP contribution in [0.4, 0.5) is 0 Å². The lowest BCUT2D eigenvalue weighted by Gasteiger charge is -2.41. The third-order valence-electron chi connectivity index (χ3n) is 3.69. The number of halogens is 1. The smallest absolute Gasteiger partial charge is 0.244 e. The number of hydrogen-bond acceptors (Lipinski definition) is 3. The molecule has 0 bridgehead atoms. The predicted octanol–water partition coefficient (Wildman–Crippen LogP) is 1.86. The number of nitrogens with zero attached hydrogens (tertiary/aromatic N) is 2. The monoisotopic (exact) mass is 319 g/mol. The van der Waals surface area contributed by atoms with Crippen LogP contribution in [0.5, 0.6) is 0 Å². The van der Waals surface area contributed by atoms with Crippen molar-refractivity contribution in [3.63, 3.8) is 0 Å². The molecule has 2 heterocycles. The van der Waals surface area contributed by atoms with Gasteiger partial charge in [0, 0.05) is 43.6 Å². The first kappa shape index (κ1) is 15.8. The summed E-state index contributed by atoms with van der Waals surface area (Å²) in [6.07, 6.45) is 1.52. The molecule has 114 valence electrons. The molecule has 0 atom stereocenters. The summed E-state index contributed by atoms with van der Waals surface area (Å²) in [5.74, 6) is 0.285. The lowest BCUT2D eigenvalue weighted by molar-refractivity contribution is 0.0922. The topological polar surface area (TPSA) is 56.4 Å². The van der Waals surface area contributed by atoms with Crippen molar-refractivity contribution in [1.82, 2.24) is 14.2 Å². The van der Waals surface area contributed by atoms with Crippen LogP contribution in [-0.4, -0.2) is 54.3 Å². The van der Waals surface area contributed by atoms with E-state index in [0.717, 1.165) is 18.8 Å². The molecule has 0 saturated carbocycles. The van der Waals surface area contributed by atoms with Gasteiger partial charge in [0.25, 0.3) is 0 Å². The number of sulfonamides is 1. The van der Waals surface area contributed by atoms with Gasteiger partial charge in [0.15, 0.2) is 0 Å². The fourth-order valence-electron chi connectivity index (χ4n) is 2.39. The first-order valence-electron chi connectivity index (χ1n) is 6.73. The Morgan fingerprint density at radius 3 is 2.30 bits per heavy atom. The highest BCUT2D eigenvalue weighted by Gasteiger charge is 2.32. The van der Waals surface area contributed by atoms with Gasteiger partial charge in [0.2, 0.25) is 10.0 Å². The molecule has 20 heavy (non-hydrogen) atoms. The largest absolute Gasteiger partial charge is 0.363 e. The van der Waals surface area contributed by atoms with E-state index < -0.39 is 10.0 Å². The predicted molar refractivity (Wildman–Crippen MR) is 80.4 cm³/mol. The van der Waals surface area contributed by atoms with Crippen molar-refractivity contribution in [2.45, 2.75) is 37.1 Å². The lowest BCUT2D eigenvalue weighted by atomic mass is 10.1. The van der Waals surface area contributed by atoms with Gasteiger partial charge in [-0.05, 0) is 26.8 Å². The van der Waals surface area contributed by atoms with Crippen molar-refractivity contribution < 1.29 is 8.42 Å². The molecule has 1 N–H and O–H groups in total. The molecule has 0 unspecified atom stereocenters. The number of hydrogen-bond donors (Lipinski definition) is 1. The molecule has 0 aliphatic carbocycles. The molecule has 1 fully saturated rings. The van der Waals surface area contributed by atoms with Crippen molar-refractivity contribution in [2.75, 3.05) is 26.2 Å². The Balaban J connectivity index is 2.09. The number of piperazine rings is 1. The number of aromatic nitrogens is 1. The van der Waals surface area contributed by atoms with Gasteiger partial charge in [-0.1, -0.05) is 0 Å². The number of nitrogens with one attached hydrogen (secondary N) is 1. The Kier molecular flexibility index (Phi) is 4.49. The summed E-state index contributed by atoms with van der Waals surface area (Å²) in [5.41, 5.74) is 0.800. The number of aromatic amines is 1. The standard InChI is InChI=1S/C13H22ClN3O2S/c1-13(2,3)16-4-6-17(7-5-16)20(18,19)12-8-11(9-14)15-10-12/h8,10,15H,4-7,9H2,1-3H3. The maximum Gasteiger partial charge on any atom is 0.244 e. The summed E-state index contributed by atoms with van der Waals surface area (Å²) in [6.45, 7) is 9.02. The molecule has 1 saturated heterocycles. The van der Waals surface area contributed by atoms with Gasteiger partial charge >= 0.3 is 0 Å². The van der Waals surface area contributed by atoms with E-state index in [-0.39, 0.29) is 11.4 Å². The van der Waals surface area contributed by atoms with E-state index in [2.05, 4.69) is 30.7 Å². The second-order valence-corrected chi connectivity index (χ2v) is 8.26. The van der Waals surface area contributed by atoms with Crippen molar-refractivity contribution in [3.8, 4) is 0 Å². The van der Waals surface area contributed by atoms with E-state index in [1.54, 1.807) is 10.4 Å². The Labute approximate surface area is 126 Å². The summed E-state index contributed by atoms with van der Waals surface area (Å²) >= 11 is 5.70. The molecule has 1 aliphatic heterocycles. The first-order valence-corrected chi connectivity index (χ1v) is 8.71. The Morgan fingerprint density at radius 1 is 1.25 bits per heavy atom. The molecule has 1 aromatic heterocycles. The van der Waals surface area contributed by atoms with Crippen LogP contribution in [0.3, 0.4) is 0 Å². The van der Waals surface area contributed by atoms with E-state index in [4.69, 9.17) is 11.6 Å². The third-order valence-corrected chi connectivity index (χ3v) is 5.85. The van der Waals surface area contributed by atoms with Crippen LogP contribution in [0.2, 0.25) is 0 Å². The van der Waals surface area contributed by atoms with Gasteiger partial charge in [-0.3, -0.25) is 4.90 Å². The van der Waals surface area contributed by atoms with Crippen molar-refractivity contribution in [1.29, 1.82) is 0 Å². The summed E-state index contributed by atoms with van der Waals surface area (Å²) < 4.78 is 26.6. The van der Waals surface area contributed by atoms with Gasteiger partial charge in [-0.25, -0.2) is 8.42 Å². The highest BCUT2D eigenvalue weighted by Crippen LogP contribution is 2.22. The van der Waals surface area contributed by atoms with Gasteiger partial charge in [-0.2, -0.15) is 4.31 Å². The van der Waals surface area contributed by atoms with Gasteiger partial charge in [0.05, 0.1) is 10.8 Å². The quantitative estimate of drug-likeness (QED) is 0.865. The Hall–Kier alpha value is -0.560. The first-order chi connectivity index (χ1) is 9.25. The molecule has 0 spiro atoms. The summed E-state index contributed by atoms with van der Waals surface area (Å²) in [7, 11) is -3.40. The zero-order chi connectivity index (χ0) is 15.0. The summed E-state index contributed by atoms with van der Waals surface area (Å²) in [5, 5.41) is 0. The third kappa shape index (κ3) is 3.19. The molecule has 0 amide bonds. The fourth-order valence-corrected chi connectivity index (χ4v) is 3.99. The minimum atomic E-state index is -3.40. The molecule has 5 nitrogen and oxygen atoms in total. The van der Waals surface area contributed by atoms with Gasteiger partial charge in [0.1, 0.15) is 0 Å². The van der Waals surface area contributed by atoms with E-state index in [1.165, 1.54) is 6.20 Å². The van der Waals surface area contributed by atoms with E-state index in [0.29, 0.717) is 18.0 Å². The van der Waals surface area contributed by atoms with Crippen LogP contribution in [0.15, 0.2) is 17.2 Å². The second-order valence-electron chi connectivity index (χ2n) is 6.06. The zero-order valence-electron chi connectivity index (χ0n) is 12.2. The number of H-pyrrole nitrogens is 1. The van der Waals surface area contributed by atoms with Crippen molar-refractivity contribution in [3.05, 3.63) is 18.0 Å². The van der Waals surface area contributed by atoms with Crippen LogP contribution in [0.25, 0.3) is 0 Å². The summed E-state index contributed by atoms with van der Waals surface area (Å²) in [6, 6.07) is 1.61. The molecule has 0 aromatic carbocycles. The average molecular weight is 320 g/mol. The molecular weight excluding hydrogens is 298 g/mol. The SMILES string of the molecule is CC(C)(C)N1CCN(S(=O)(=O)c2c[nH]c(CCl)c2)CC1. The molecule has 0 radical (unpaired) electrons. The Morgan fingerprint density at radius 2 is 1.85 bits per heavy atom. The van der Waals surface area contributed by atoms with E-state index in [1.807, 2.05) is 0 Å². The molecular formula is C13H22ClN3O2S. The molecule has 7 heteroatoms. The second kappa shape index (κ2) is 5.67. The zero-order valence-corrected chi connectivity index (χ0v) is 13.8. The molecule has 2 rings (SSSR count). The van der Waals surface area contributed by atoms with Gasteiger partial charge in [-0.15, -0.1) is 11.6 Å². The van der Waals surface area contributed by atoms with Crippen LogP contribution >= 0.6 is 11.6 Å². The summed E-state index contributed by atoms with van der Waals surface area (Å²) in [4.78, 5) is 5.49. The van der Waals surface area contributed by atoms with Crippen LogP contribution in [0, 0.1) is 0 Å². The average Bonchev–Trinajstić information content (AvgIpc) is 2.87. The minimum Gasteiger partial charge on any atom is -0.363 e. The lowest BCUT2D eigenvalue weighted by Crippen LogP contribution is -2.54. The minimum absolute atomic E-state index is 0.0791. The maximum absolute atomic E-state index is 12.5. The molecule has 1 aromatic rings. The van der Waals surface area contributed by atoms with Crippen molar-refractivity contribution >= 4 is 21.6 Å². The highest BCUT2D eigenvalue weighted by atomic mass is 35.5. The highest BCUT2D eigenvalue weighted by molar-refractivity contribution is 7.89. The Bertz CT molecular complexity index is 554. The number of alkyl halides is 1. The maximum atomic E-state index is 12.5. The van der Waals surface area contributed by atoms with Crippen LogP contribution in [0.1, 0.15) is 26.5 Å². The van der Waals surface area contributed by atoms with Crippen LogP contribution < -0.4 is 0 Å².